The Morgan fingerprint density at radius 1 is 1.09 bits per heavy atom. The molecule has 1 atom stereocenters. The Labute approximate surface area is 137 Å². The lowest BCUT2D eigenvalue weighted by Gasteiger charge is -2.20. The van der Waals surface area contributed by atoms with Crippen LogP contribution in [0, 0.1) is 5.92 Å². The molecule has 0 aliphatic heterocycles. The van der Waals surface area contributed by atoms with Gasteiger partial charge >= 0.3 is 0 Å². The fourth-order valence-electron chi connectivity index (χ4n) is 2.67. The van der Waals surface area contributed by atoms with Gasteiger partial charge in [0.1, 0.15) is 0 Å². The van der Waals surface area contributed by atoms with E-state index in [1.165, 1.54) is 38.5 Å². The first-order valence-electron chi connectivity index (χ1n) is 9.22. The molecule has 0 spiro atoms. The maximum atomic E-state index is 6.02. The van der Waals surface area contributed by atoms with Crippen molar-refractivity contribution in [3.05, 3.63) is 0 Å². The smallest absolute Gasteiger partial charge is 0.191 e. The summed E-state index contributed by atoms with van der Waals surface area (Å²) in [6.07, 6.45) is 10.8. The van der Waals surface area contributed by atoms with Gasteiger partial charge in [0.2, 0.25) is 0 Å². The van der Waals surface area contributed by atoms with Crippen LogP contribution in [0.1, 0.15) is 72.1 Å². The number of nitrogens with zero attached hydrogens (tertiary/aromatic N) is 1. The molecule has 0 saturated heterocycles. The Balaban J connectivity index is 2.03. The topological polar surface area (TPSA) is 45.7 Å². The van der Waals surface area contributed by atoms with E-state index in [-0.39, 0.29) is 0 Å². The zero-order valence-corrected chi connectivity index (χ0v) is 15.2. The van der Waals surface area contributed by atoms with E-state index in [1.54, 1.807) is 0 Å². The number of rotatable bonds is 8. The van der Waals surface area contributed by atoms with E-state index < -0.39 is 0 Å². The van der Waals surface area contributed by atoms with Crippen molar-refractivity contribution >= 4 is 5.96 Å². The summed E-state index contributed by atoms with van der Waals surface area (Å²) >= 11 is 0. The van der Waals surface area contributed by atoms with Crippen LogP contribution in [-0.2, 0) is 4.74 Å². The van der Waals surface area contributed by atoms with Crippen molar-refractivity contribution in [2.45, 2.75) is 84.3 Å². The second-order valence-electron chi connectivity index (χ2n) is 6.87. The molecule has 130 valence electrons. The van der Waals surface area contributed by atoms with Crippen molar-refractivity contribution in [2.75, 3.05) is 20.2 Å². The molecule has 1 saturated carbocycles. The minimum Gasteiger partial charge on any atom is -0.378 e. The molecule has 1 aliphatic rings. The molecule has 0 heterocycles. The first-order valence-corrected chi connectivity index (χ1v) is 9.22. The highest BCUT2D eigenvalue weighted by molar-refractivity contribution is 5.79. The summed E-state index contributed by atoms with van der Waals surface area (Å²) < 4.78 is 6.02. The third-order valence-corrected chi connectivity index (χ3v) is 4.61. The molecule has 4 nitrogen and oxygen atoms in total. The Morgan fingerprint density at radius 2 is 1.77 bits per heavy atom. The second kappa shape index (κ2) is 11.8. The summed E-state index contributed by atoms with van der Waals surface area (Å²) in [5.74, 6) is 1.51. The van der Waals surface area contributed by atoms with E-state index in [0.29, 0.717) is 18.1 Å². The lowest BCUT2D eigenvalue weighted by atomic mass is 10.1. The van der Waals surface area contributed by atoms with Crippen molar-refractivity contribution in [2.24, 2.45) is 10.9 Å². The van der Waals surface area contributed by atoms with Gasteiger partial charge in [-0.25, -0.2) is 0 Å². The number of hydrogen-bond donors (Lipinski definition) is 2. The summed E-state index contributed by atoms with van der Waals surface area (Å²) in [4.78, 5) is 4.28. The molecule has 1 aliphatic carbocycles. The van der Waals surface area contributed by atoms with Crippen LogP contribution in [0.15, 0.2) is 4.99 Å². The van der Waals surface area contributed by atoms with Gasteiger partial charge in [-0.1, -0.05) is 39.5 Å². The van der Waals surface area contributed by atoms with E-state index in [1.807, 2.05) is 7.05 Å². The first-order chi connectivity index (χ1) is 10.6. The van der Waals surface area contributed by atoms with Gasteiger partial charge in [0.05, 0.1) is 6.10 Å². The molecule has 1 fully saturated rings. The van der Waals surface area contributed by atoms with Gasteiger partial charge in [0.15, 0.2) is 5.96 Å². The Hall–Kier alpha value is -0.770. The van der Waals surface area contributed by atoms with Crippen molar-refractivity contribution in [3.63, 3.8) is 0 Å². The highest BCUT2D eigenvalue weighted by Gasteiger charge is 2.12. The fourth-order valence-corrected chi connectivity index (χ4v) is 2.67. The molecular weight excluding hydrogens is 274 g/mol. The minimum atomic E-state index is 0.435. The molecule has 0 aromatic rings. The number of ether oxygens (including phenoxy) is 1. The lowest BCUT2D eigenvalue weighted by Crippen LogP contribution is -2.44. The lowest BCUT2D eigenvalue weighted by molar-refractivity contribution is 0.0411. The third kappa shape index (κ3) is 8.62. The van der Waals surface area contributed by atoms with E-state index in [0.717, 1.165) is 32.0 Å². The van der Waals surface area contributed by atoms with Gasteiger partial charge in [-0.15, -0.1) is 0 Å². The van der Waals surface area contributed by atoms with Gasteiger partial charge in [-0.2, -0.15) is 0 Å². The fraction of sp³-hybridized carbons (Fsp3) is 0.944. The SMILES string of the molecule is CN=C(NCCCCOC1CCCCCC1)NC(C)C(C)C. The monoisotopic (exact) mass is 311 g/mol. The minimum absolute atomic E-state index is 0.435. The summed E-state index contributed by atoms with van der Waals surface area (Å²) in [6.45, 7) is 8.49. The summed E-state index contributed by atoms with van der Waals surface area (Å²) in [6, 6.07) is 0.435. The number of hydrogen-bond acceptors (Lipinski definition) is 2. The highest BCUT2D eigenvalue weighted by Crippen LogP contribution is 2.19. The molecule has 0 radical (unpaired) electrons. The van der Waals surface area contributed by atoms with Crippen LogP contribution in [-0.4, -0.2) is 38.3 Å². The van der Waals surface area contributed by atoms with Crippen molar-refractivity contribution in [1.82, 2.24) is 10.6 Å². The van der Waals surface area contributed by atoms with E-state index in [4.69, 9.17) is 4.74 Å². The zero-order chi connectivity index (χ0) is 16.2. The summed E-state index contributed by atoms with van der Waals surface area (Å²) in [5, 5.41) is 6.81. The van der Waals surface area contributed by atoms with Crippen molar-refractivity contribution in [1.29, 1.82) is 0 Å². The third-order valence-electron chi connectivity index (χ3n) is 4.61. The van der Waals surface area contributed by atoms with Crippen LogP contribution in [0.3, 0.4) is 0 Å². The second-order valence-corrected chi connectivity index (χ2v) is 6.87. The Morgan fingerprint density at radius 3 is 2.36 bits per heavy atom. The summed E-state index contributed by atoms with van der Waals surface area (Å²) in [5.41, 5.74) is 0. The number of aliphatic imine (C=N–C) groups is 1. The van der Waals surface area contributed by atoms with E-state index in [2.05, 4.69) is 36.4 Å². The van der Waals surface area contributed by atoms with Gasteiger partial charge in [0.25, 0.3) is 0 Å². The van der Waals surface area contributed by atoms with Crippen LogP contribution in [0.2, 0.25) is 0 Å². The predicted molar refractivity (Wildman–Crippen MR) is 95.5 cm³/mol. The van der Waals surface area contributed by atoms with E-state index >= 15 is 0 Å². The first kappa shape index (κ1) is 19.3. The molecule has 0 aromatic heterocycles. The average molecular weight is 312 g/mol. The molecule has 0 aromatic carbocycles. The van der Waals surface area contributed by atoms with E-state index in [9.17, 15) is 0 Å². The molecule has 22 heavy (non-hydrogen) atoms. The van der Waals surface area contributed by atoms with Gasteiger partial charge < -0.3 is 15.4 Å². The molecule has 1 unspecified atom stereocenters. The quantitative estimate of drug-likeness (QED) is 0.311. The zero-order valence-electron chi connectivity index (χ0n) is 15.2. The maximum Gasteiger partial charge on any atom is 0.191 e. The van der Waals surface area contributed by atoms with Crippen LogP contribution in [0.25, 0.3) is 0 Å². The van der Waals surface area contributed by atoms with Crippen LogP contribution in [0.4, 0.5) is 0 Å². The number of guanidine groups is 1. The molecule has 0 bridgehead atoms. The van der Waals surface area contributed by atoms with Crippen molar-refractivity contribution in [3.8, 4) is 0 Å². The van der Waals surface area contributed by atoms with Crippen molar-refractivity contribution < 1.29 is 4.74 Å². The van der Waals surface area contributed by atoms with Crippen LogP contribution >= 0.6 is 0 Å². The molecule has 1 rings (SSSR count). The normalized spacial score (nSPS) is 19.0. The molecule has 0 amide bonds. The number of unbranched alkanes of at least 4 members (excludes halogenated alkanes) is 1. The average Bonchev–Trinajstić information content (AvgIpc) is 2.77. The van der Waals surface area contributed by atoms with Crippen LogP contribution in [0.5, 0.6) is 0 Å². The summed E-state index contributed by atoms with van der Waals surface area (Å²) in [7, 11) is 1.83. The highest BCUT2D eigenvalue weighted by atomic mass is 16.5. The van der Waals surface area contributed by atoms with Gasteiger partial charge in [-0.3, -0.25) is 4.99 Å². The Bertz CT molecular complexity index is 297. The van der Waals surface area contributed by atoms with Crippen LogP contribution < -0.4 is 10.6 Å². The Kier molecular flexibility index (Phi) is 10.3. The van der Waals surface area contributed by atoms with Gasteiger partial charge in [0, 0.05) is 26.2 Å². The largest absolute Gasteiger partial charge is 0.378 e. The molecular formula is C18H37N3O. The molecule has 4 heteroatoms. The molecule has 2 N–H and O–H groups in total. The standard InChI is InChI=1S/C18H37N3O/c1-15(2)16(3)21-18(19-4)20-13-9-10-14-22-17-11-7-5-6-8-12-17/h15-17H,5-14H2,1-4H3,(H2,19,20,21). The predicted octanol–water partition coefficient (Wildman–Crippen LogP) is 3.72. The maximum absolute atomic E-state index is 6.02. The number of nitrogens with one attached hydrogen (secondary N) is 2. The van der Waals surface area contributed by atoms with Gasteiger partial charge in [-0.05, 0) is 38.5 Å².